The number of nitrogens with one attached hydrogen (secondary N) is 4. The van der Waals surface area contributed by atoms with Gasteiger partial charge in [-0.3, -0.25) is 44.3 Å². The molecule has 6 saturated heterocycles. The number of benzene rings is 1. The van der Waals surface area contributed by atoms with Gasteiger partial charge in [-0.25, -0.2) is 44.1 Å². The van der Waals surface area contributed by atoms with Crippen LogP contribution in [0.15, 0.2) is 85.6 Å². The molecule has 35 nitrogen and oxygen atoms in total. The van der Waals surface area contributed by atoms with Crippen molar-refractivity contribution in [2.75, 3.05) is 135 Å². The highest BCUT2D eigenvalue weighted by atomic mass is 35.5. The summed E-state index contributed by atoms with van der Waals surface area (Å²) in [5, 5.41) is 43.0. The Bertz CT molecular complexity index is 4300. The number of amides is 3. The van der Waals surface area contributed by atoms with Crippen LogP contribution in [0.4, 0.5) is 57.4 Å². The number of ether oxygens (including phenoxy) is 5. The molecule has 14 heterocycles. The molecule has 5 atom stereocenters. The zero-order valence-corrected chi connectivity index (χ0v) is 60.8. The number of anilines is 8. The topological polar surface area (TPSA) is 421 Å². The minimum Gasteiger partial charge on any atom is -0.468 e. The molecule has 6 aromatic rings. The lowest BCUT2D eigenvalue weighted by atomic mass is 10.1. The van der Waals surface area contributed by atoms with Gasteiger partial charge in [0.15, 0.2) is 17.5 Å². The number of aliphatic hydroxyl groups excluding tert-OH is 1. The van der Waals surface area contributed by atoms with Crippen LogP contribution in [-0.4, -0.2) is 217 Å². The SMILES string of the molecule is COC(=O)[C@@H]1CCCN1.COC(=O)c1cnc(Cl)c([N+](=O)[O-])c1.COC(=O)c1cnc(N2CCC[C@H]2C(=O)OC)c([N+](=O)[O-])c1.COC(=O)c1cnc2c(c1)NC(=O)[C@@H]1CCCN21.O=C1Nc2cc(CN3CCN(c4ccc(Cl)cc4)CC3)cnc2N2CCC[C@@H]12.O=C1Nc2cc(CO)cnc2N2CCC[C@@H]12. The molecule has 568 valence electrons. The van der Waals surface area contributed by atoms with Crippen molar-refractivity contribution >= 4 is 128 Å². The fraction of sp³-hybridized carbons (Fsp3) is 0.443. The summed E-state index contributed by atoms with van der Waals surface area (Å²) in [5.74, 6) is 0.214. The Morgan fingerprint density at radius 3 is 1.42 bits per heavy atom. The molecule has 9 aliphatic heterocycles. The number of carbonyl (C=O) groups excluding carboxylic acids is 8. The lowest BCUT2D eigenvalue weighted by Crippen LogP contribution is -2.46. The van der Waals surface area contributed by atoms with Gasteiger partial charge in [-0.05, 0) is 124 Å². The molecule has 0 spiro atoms. The Balaban J connectivity index is 0.000000141. The Morgan fingerprint density at radius 1 is 0.505 bits per heavy atom. The number of carbonyl (C=O) groups is 8. The molecule has 1 aromatic carbocycles. The van der Waals surface area contributed by atoms with Gasteiger partial charge in [0.25, 0.3) is 0 Å². The maximum atomic E-state index is 12.3. The summed E-state index contributed by atoms with van der Waals surface area (Å²) in [6.45, 7) is 8.81. The van der Waals surface area contributed by atoms with Crippen molar-refractivity contribution in [1.29, 1.82) is 0 Å². The number of halogens is 2. The summed E-state index contributed by atoms with van der Waals surface area (Å²) in [4.78, 5) is 146. The number of aromatic nitrogens is 5. The molecule has 5 N–H and O–H groups in total. The van der Waals surface area contributed by atoms with E-state index in [2.05, 4.69) is 97.9 Å². The number of hydrogen-bond acceptors (Lipinski definition) is 30. The minimum atomic E-state index is -0.720. The van der Waals surface area contributed by atoms with Gasteiger partial charge in [-0.2, -0.15) is 0 Å². The molecule has 9 aliphatic rings. The monoisotopic (exact) mass is 1520 g/mol. The van der Waals surface area contributed by atoms with Crippen LogP contribution in [0.25, 0.3) is 0 Å². The summed E-state index contributed by atoms with van der Waals surface area (Å²) in [6, 6.07) is 14.8. The molecular weight excluding hydrogens is 1440 g/mol. The maximum Gasteiger partial charge on any atom is 0.339 e. The number of esters is 5. The molecule has 3 amide bonds. The highest BCUT2D eigenvalue weighted by Crippen LogP contribution is 2.39. The first-order valence-electron chi connectivity index (χ1n) is 34.5. The molecule has 107 heavy (non-hydrogen) atoms. The van der Waals surface area contributed by atoms with Gasteiger partial charge in [-0.1, -0.05) is 23.2 Å². The molecule has 0 radical (unpaired) electrons. The average molecular weight is 1520 g/mol. The number of nitro groups is 2. The maximum absolute atomic E-state index is 12.3. The van der Waals surface area contributed by atoms with Crippen LogP contribution in [-0.2, 0) is 60.8 Å². The summed E-state index contributed by atoms with van der Waals surface area (Å²) in [5.41, 5.74) is 4.80. The fourth-order valence-corrected chi connectivity index (χ4v) is 14.0. The van der Waals surface area contributed by atoms with E-state index in [4.69, 9.17) is 38.0 Å². The van der Waals surface area contributed by atoms with E-state index >= 15 is 0 Å². The fourth-order valence-electron chi connectivity index (χ4n) is 13.7. The zero-order valence-electron chi connectivity index (χ0n) is 59.3. The van der Waals surface area contributed by atoms with E-state index in [9.17, 15) is 58.6 Å². The smallest absolute Gasteiger partial charge is 0.339 e. The van der Waals surface area contributed by atoms with E-state index in [1.54, 1.807) is 18.3 Å². The normalized spacial score (nSPS) is 19.7. The van der Waals surface area contributed by atoms with Crippen LogP contribution in [0.3, 0.4) is 0 Å². The van der Waals surface area contributed by atoms with Crippen LogP contribution < -0.4 is 45.8 Å². The first-order chi connectivity index (χ1) is 51.6. The van der Waals surface area contributed by atoms with Crippen molar-refractivity contribution in [3.8, 4) is 0 Å². The first kappa shape index (κ1) is 78.6. The van der Waals surface area contributed by atoms with Gasteiger partial charge in [0.1, 0.15) is 30.2 Å². The van der Waals surface area contributed by atoms with Crippen LogP contribution >= 0.6 is 23.2 Å². The van der Waals surface area contributed by atoms with Crippen LogP contribution in [0.5, 0.6) is 0 Å². The van der Waals surface area contributed by atoms with Crippen molar-refractivity contribution < 1.29 is 77.0 Å². The third-order valence-corrected chi connectivity index (χ3v) is 19.5. The Labute approximate surface area is 623 Å². The summed E-state index contributed by atoms with van der Waals surface area (Å²) in [6.07, 6.45) is 16.4. The number of hydrogen-bond donors (Lipinski definition) is 5. The standard InChI is InChI=1S/C21H24ClN5O.C13H15N3O6.C12H13N3O3.C11H13N3O2.C7H5ClN2O4.C6H11NO2/c22-16-3-5-17(6-4-16)26-10-8-25(9-11-26)14-15-12-18-20(23-13-15)27-7-1-2-19(27)21(28)24-18;1-21-12(17)8-6-10(16(19)20)11(14-7-8)15-5-3-4-9(15)13(18)22-2;1-18-12(17)7-5-8-10(13-6-7)15-4-2-3-9(15)11(16)14-8;15-6-7-4-8-10(12-5-7)14-3-1-2-9(14)11(16)13-8;1-14-7(11)4-2-5(10(12)13)6(8)9-3-4;1-9-6(8)5-3-2-4-7-5/h3-6,12-13,19H,1-2,7-11,14H2,(H,24,28);6-7,9H,3-5H2,1-2H3;5-6,9H,2-4H2,1H3,(H,14,16);4-5,9,15H,1-3,6H2,(H,13,16);2-3H,1H3;5,7H,2-4H2,1H3/t19-;3*9-;;5-/m0000.0/s1. The quantitative estimate of drug-likeness (QED) is 0.0286. The number of methoxy groups -OCH3 is 5. The van der Waals surface area contributed by atoms with Crippen molar-refractivity contribution in [3.63, 3.8) is 0 Å². The lowest BCUT2D eigenvalue weighted by Gasteiger charge is -2.36. The number of aliphatic hydroxyl groups is 1. The molecule has 15 rings (SSSR count). The Kier molecular flexibility index (Phi) is 26.7. The number of nitrogens with zero attached hydrogens (tertiary/aromatic N) is 13. The summed E-state index contributed by atoms with van der Waals surface area (Å²) in [7, 11) is 6.35. The number of piperazine rings is 1. The van der Waals surface area contributed by atoms with Gasteiger partial charge >= 0.3 is 41.2 Å². The number of fused-ring (bicyclic) bond motifs is 9. The highest BCUT2D eigenvalue weighted by molar-refractivity contribution is 6.31. The molecule has 0 saturated carbocycles. The molecule has 5 aromatic heterocycles. The first-order valence-corrected chi connectivity index (χ1v) is 35.2. The highest BCUT2D eigenvalue weighted by Gasteiger charge is 2.41. The van der Waals surface area contributed by atoms with E-state index in [0.29, 0.717) is 30.6 Å². The molecular formula is C70H81Cl2N17O18. The minimum absolute atomic E-state index is 0.0106. The van der Waals surface area contributed by atoms with Gasteiger partial charge in [0.2, 0.25) is 28.7 Å². The van der Waals surface area contributed by atoms with Crippen molar-refractivity contribution in [1.82, 2.24) is 35.1 Å². The third kappa shape index (κ3) is 18.8. The van der Waals surface area contributed by atoms with E-state index in [-0.39, 0.29) is 82.3 Å². The van der Waals surface area contributed by atoms with Gasteiger partial charge in [-0.15, -0.1) is 0 Å². The average Bonchev–Trinajstić information content (AvgIpc) is 1.70. The Morgan fingerprint density at radius 2 is 0.944 bits per heavy atom. The van der Waals surface area contributed by atoms with Crippen molar-refractivity contribution in [2.45, 2.75) is 108 Å². The van der Waals surface area contributed by atoms with Crippen molar-refractivity contribution in [3.05, 3.63) is 144 Å². The number of pyridine rings is 5. The lowest BCUT2D eigenvalue weighted by molar-refractivity contribution is -0.385. The molecule has 37 heteroatoms. The summed E-state index contributed by atoms with van der Waals surface area (Å²) < 4.78 is 22.8. The predicted octanol–water partition coefficient (Wildman–Crippen LogP) is 6.52. The predicted molar refractivity (Wildman–Crippen MR) is 391 cm³/mol. The second-order valence-electron chi connectivity index (χ2n) is 25.6. The molecule has 6 fully saturated rings. The second-order valence-corrected chi connectivity index (χ2v) is 26.4. The zero-order chi connectivity index (χ0) is 76.6. The van der Waals surface area contributed by atoms with Gasteiger partial charge in [0.05, 0.1) is 85.8 Å². The van der Waals surface area contributed by atoms with Crippen molar-refractivity contribution in [2.24, 2.45) is 0 Å². The van der Waals surface area contributed by atoms with E-state index in [0.717, 1.165) is 174 Å². The van der Waals surface area contributed by atoms with Crippen LogP contribution in [0.2, 0.25) is 10.2 Å². The van der Waals surface area contributed by atoms with Gasteiger partial charge in [0, 0.05) is 113 Å². The van der Waals surface area contributed by atoms with E-state index in [1.807, 2.05) is 23.2 Å². The van der Waals surface area contributed by atoms with Gasteiger partial charge < -0.3 is 74.6 Å². The van der Waals surface area contributed by atoms with E-state index < -0.39 is 45.5 Å². The summed E-state index contributed by atoms with van der Waals surface area (Å²) >= 11 is 11.4. The molecule has 0 bridgehead atoms. The Hall–Kier alpha value is -11.0. The molecule has 0 aliphatic carbocycles. The largest absolute Gasteiger partial charge is 0.468 e. The molecule has 0 unspecified atom stereocenters. The van der Waals surface area contributed by atoms with Crippen LogP contribution in [0, 0.1) is 20.2 Å². The van der Waals surface area contributed by atoms with Crippen LogP contribution in [0.1, 0.15) is 106 Å². The number of rotatable bonds is 12. The van der Waals surface area contributed by atoms with E-state index in [1.165, 1.54) is 58.5 Å². The third-order valence-electron chi connectivity index (χ3n) is 19.0. The second kappa shape index (κ2) is 36.3.